The molecule has 0 radical (unpaired) electrons. The van der Waals surface area contributed by atoms with Crippen LogP contribution in [0.5, 0.6) is 0 Å². The molecule has 3 nitrogen and oxygen atoms in total. The van der Waals surface area contributed by atoms with Gasteiger partial charge in [-0.1, -0.05) is 69.3 Å². The van der Waals surface area contributed by atoms with Gasteiger partial charge in [-0.15, -0.1) is 0 Å². The molecule has 0 fully saturated rings. The van der Waals surface area contributed by atoms with Crippen molar-refractivity contribution in [2.75, 3.05) is 6.54 Å². The van der Waals surface area contributed by atoms with Gasteiger partial charge >= 0.3 is 0 Å². The van der Waals surface area contributed by atoms with Gasteiger partial charge < -0.3 is 0 Å². The Balaban J connectivity index is 2.21. The maximum absolute atomic E-state index is 13.0. The molecule has 130 valence electrons. The van der Waals surface area contributed by atoms with E-state index in [4.69, 9.17) is 0 Å². The van der Waals surface area contributed by atoms with E-state index in [1.54, 1.807) is 28.6 Å². The highest BCUT2D eigenvalue weighted by atomic mass is 32.2. The summed E-state index contributed by atoms with van der Waals surface area (Å²) in [4.78, 5) is 0.358. The maximum atomic E-state index is 13.0. The fourth-order valence-electron chi connectivity index (χ4n) is 2.60. The van der Waals surface area contributed by atoms with Crippen LogP contribution in [0.2, 0.25) is 0 Å². The average molecular weight is 346 g/mol. The first kappa shape index (κ1) is 18.7. The highest BCUT2D eigenvalue weighted by molar-refractivity contribution is 7.89. The lowest BCUT2D eigenvalue weighted by Crippen LogP contribution is -2.32. The molecule has 0 spiro atoms. The monoisotopic (exact) mass is 345 g/mol. The van der Waals surface area contributed by atoms with Crippen LogP contribution in [0.1, 0.15) is 39.2 Å². The average Bonchev–Trinajstić information content (AvgIpc) is 2.54. The van der Waals surface area contributed by atoms with Crippen molar-refractivity contribution in [3.8, 4) is 0 Å². The second-order valence-corrected chi connectivity index (χ2v) is 9.24. The number of hydrogen-bond acceptors (Lipinski definition) is 2. The summed E-state index contributed by atoms with van der Waals surface area (Å²) < 4.78 is 27.6. The van der Waals surface area contributed by atoms with Gasteiger partial charge in [0, 0.05) is 13.1 Å². The largest absolute Gasteiger partial charge is 0.243 e. The van der Waals surface area contributed by atoms with Crippen LogP contribution in [0.3, 0.4) is 0 Å². The number of benzene rings is 2. The summed E-state index contributed by atoms with van der Waals surface area (Å²) >= 11 is 0. The highest BCUT2D eigenvalue weighted by Crippen LogP contribution is 2.23. The Morgan fingerprint density at radius 2 is 1.42 bits per heavy atom. The molecule has 0 unspecified atom stereocenters. The van der Waals surface area contributed by atoms with Gasteiger partial charge in [-0.2, -0.15) is 4.31 Å². The van der Waals surface area contributed by atoms with Gasteiger partial charge in [-0.3, -0.25) is 0 Å². The van der Waals surface area contributed by atoms with Gasteiger partial charge in [0.2, 0.25) is 10.0 Å². The fourth-order valence-corrected chi connectivity index (χ4v) is 4.09. The van der Waals surface area contributed by atoms with E-state index in [9.17, 15) is 8.42 Å². The molecule has 0 aliphatic heterocycles. The molecular formula is C20H27NO2S. The Morgan fingerprint density at radius 1 is 0.875 bits per heavy atom. The molecule has 0 amide bonds. The third-order valence-corrected chi connectivity index (χ3v) is 5.78. The third kappa shape index (κ3) is 5.46. The van der Waals surface area contributed by atoms with Crippen LogP contribution in [0.4, 0.5) is 0 Å². The molecule has 0 aromatic heterocycles. The third-order valence-electron chi connectivity index (χ3n) is 3.92. The SMILES string of the molecule is CC(C)(C)CCCN(Cc1ccccc1)S(=O)(=O)c1ccccc1. The van der Waals surface area contributed by atoms with Crippen molar-refractivity contribution in [3.63, 3.8) is 0 Å². The van der Waals surface area contributed by atoms with E-state index >= 15 is 0 Å². The van der Waals surface area contributed by atoms with E-state index in [1.165, 1.54) is 0 Å². The summed E-state index contributed by atoms with van der Waals surface area (Å²) in [5.74, 6) is 0. The van der Waals surface area contributed by atoms with Crippen molar-refractivity contribution in [1.82, 2.24) is 4.31 Å². The van der Waals surface area contributed by atoms with Crippen molar-refractivity contribution in [2.24, 2.45) is 5.41 Å². The zero-order valence-electron chi connectivity index (χ0n) is 14.8. The van der Waals surface area contributed by atoms with Gasteiger partial charge in [-0.05, 0) is 36.0 Å². The molecule has 2 aromatic rings. The molecule has 0 saturated heterocycles. The van der Waals surface area contributed by atoms with E-state index in [-0.39, 0.29) is 5.41 Å². The first-order valence-corrected chi connectivity index (χ1v) is 9.82. The van der Waals surface area contributed by atoms with Gasteiger partial charge in [0.25, 0.3) is 0 Å². The zero-order valence-corrected chi connectivity index (χ0v) is 15.6. The van der Waals surface area contributed by atoms with Crippen LogP contribution in [-0.4, -0.2) is 19.3 Å². The molecule has 2 rings (SSSR count). The number of sulfonamides is 1. The molecule has 24 heavy (non-hydrogen) atoms. The summed E-state index contributed by atoms with van der Waals surface area (Å²) in [5, 5.41) is 0. The van der Waals surface area contributed by atoms with Crippen molar-refractivity contribution >= 4 is 10.0 Å². The molecule has 4 heteroatoms. The fraction of sp³-hybridized carbons (Fsp3) is 0.400. The predicted octanol–water partition coefficient (Wildman–Crippen LogP) is 4.70. The molecule has 0 heterocycles. The van der Waals surface area contributed by atoms with E-state index in [0.717, 1.165) is 18.4 Å². The lowest BCUT2D eigenvalue weighted by Gasteiger charge is -2.25. The maximum Gasteiger partial charge on any atom is 0.243 e. The van der Waals surface area contributed by atoms with E-state index in [0.29, 0.717) is 18.0 Å². The van der Waals surface area contributed by atoms with Crippen molar-refractivity contribution in [1.29, 1.82) is 0 Å². The Morgan fingerprint density at radius 3 is 1.96 bits per heavy atom. The van der Waals surface area contributed by atoms with E-state index in [2.05, 4.69) is 20.8 Å². The molecule has 0 aliphatic carbocycles. The minimum Gasteiger partial charge on any atom is -0.207 e. The topological polar surface area (TPSA) is 37.4 Å². The molecule has 0 atom stereocenters. The summed E-state index contributed by atoms with van der Waals surface area (Å²) in [7, 11) is -3.48. The first-order valence-electron chi connectivity index (χ1n) is 8.38. The second-order valence-electron chi connectivity index (χ2n) is 7.30. The Hall–Kier alpha value is -1.65. The Bertz CT molecular complexity index is 719. The lowest BCUT2D eigenvalue weighted by atomic mass is 9.91. The number of nitrogens with zero attached hydrogens (tertiary/aromatic N) is 1. The second kappa shape index (κ2) is 7.95. The van der Waals surface area contributed by atoms with Crippen LogP contribution in [-0.2, 0) is 16.6 Å². The van der Waals surface area contributed by atoms with Gasteiger partial charge in [-0.25, -0.2) is 8.42 Å². The molecular weight excluding hydrogens is 318 g/mol. The number of rotatable bonds is 7. The summed E-state index contributed by atoms with van der Waals surface area (Å²) in [6.45, 7) is 7.48. The van der Waals surface area contributed by atoms with Gasteiger partial charge in [0.1, 0.15) is 0 Å². The molecule has 0 N–H and O–H groups in total. The van der Waals surface area contributed by atoms with Crippen molar-refractivity contribution in [3.05, 3.63) is 66.2 Å². The quantitative estimate of drug-likeness (QED) is 0.729. The predicted molar refractivity (Wildman–Crippen MR) is 99.2 cm³/mol. The lowest BCUT2D eigenvalue weighted by molar-refractivity contribution is 0.325. The summed E-state index contributed by atoms with van der Waals surface area (Å²) in [6.07, 6.45) is 1.84. The van der Waals surface area contributed by atoms with Gasteiger partial charge in [0.15, 0.2) is 0 Å². The Kier molecular flexibility index (Phi) is 6.19. The van der Waals surface area contributed by atoms with Crippen LogP contribution in [0.25, 0.3) is 0 Å². The number of hydrogen-bond donors (Lipinski definition) is 0. The van der Waals surface area contributed by atoms with Crippen LogP contribution >= 0.6 is 0 Å². The minimum atomic E-state index is -3.48. The van der Waals surface area contributed by atoms with E-state index < -0.39 is 10.0 Å². The van der Waals surface area contributed by atoms with Crippen molar-refractivity contribution in [2.45, 2.75) is 45.1 Å². The smallest absolute Gasteiger partial charge is 0.207 e. The highest BCUT2D eigenvalue weighted by Gasteiger charge is 2.24. The minimum absolute atomic E-state index is 0.203. The first-order chi connectivity index (χ1) is 11.3. The summed E-state index contributed by atoms with van der Waals surface area (Å²) in [5.41, 5.74) is 1.21. The standard InChI is InChI=1S/C20H27NO2S/c1-20(2,3)15-10-16-21(17-18-11-6-4-7-12-18)24(22,23)19-13-8-5-9-14-19/h4-9,11-14H,10,15-17H2,1-3H3. The van der Waals surface area contributed by atoms with Crippen LogP contribution < -0.4 is 0 Å². The molecule has 0 saturated carbocycles. The summed E-state index contributed by atoms with van der Waals surface area (Å²) in [6, 6.07) is 18.5. The normalized spacial score (nSPS) is 12.5. The van der Waals surface area contributed by atoms with Crippen LogP contribution in [0.15, 0.2) is 65.6 Å². The Labute approximate surface area is 146 Å². The molecule has 2 aromatic carbocycles. The van der Waals surface area contributed by atoms with Gasteiger partial charge in [0.05, 0.1) is 4.90 Å². The molecule has 0 aliphatic rings. The van der Waals surface area contributed by atoms with E-state index in [1.807, 2.05) is 36.4 Å². The zero-order chi connectivity index (χ0) is 17.6. The van der Waals surface area contributed by atoms with Crippen molar-refractivity contribution < 1.29 is 8.42 Å². The molecule has 0 bridgehead atoms. The van der Waals surface area contributed by atoms with Crippen LogP contribution in [0, 0.1) is 5.41 Å².